The Hall–Kier alpha value is -0.600. The van der Waals surface area contributed by atoms with Crippen LogP contribution in [-0.4, -0.2) is 13.1 Å². The van der Waals surface area contributed by atoms with E-state index in [0.717, 1.165) is 25.9 Å². The Bertz CT molecular complexity index is 355. The van der Waals surface area contributed by atoms with E-state index in [1.165, 1.54) is 6.07 Å². The van der Waals surface area contributed by atoms with Gasteiger partial charge in [0.15, 0.2) is 0 Å². The first-order valence-corrected chi connectivity index (χ1v) is 7.10. The molecular weight excluding hydrogens is 249 g/mol. The summed E-state index contributed by atoms with van der Waals surface area (Å²) in [6.45, 7) is 8.26. The van der Waals surface area contributed by atoms with Gasteiger partial charge in [-0.05, 0) is 43.4 Å². The second kappa shape index (κ2) is 7.10. The third-order valence-electron chi connectivity index (χ3n) is 3.86. The molecule has 0 atom stereocenters. The monoisotopic (exact) mass is 271 g/mol. The molecule has 0 fully saturated rings. The summed E-state index contributed by atoms with van der Waals surface area (Å²) in [5.41, 5.74) is 0.739. The van der Waals surface area contributed by atoms with Gasteiger partial charge in [-0.2, -0.15) is 0 Å². The highest BCUT2D eigenvalue weighted by atomic mass is 35.5. The van der Waals surface area contributed by atoms with Crippen molar-refractivity contribution in [3.63, 3.8) is 0 Å². The summed E-state index contributed by atoms with van der Waals surface area (Å²) in [6.07, 6.45) is 2.72. The molecule has 0 aliphatic rings. The van der Waals surface area contributed by atoms with Gasteiger partial charge in [0.25, 0.3) is 0 Å². The smallest absolute Gasteiger partial charge is 0.127 e. The topological polar surface area (TPSA) is 12.0 Å². The Morgan fingerprint density at radius 3 is 2.39 bits per heavy atom. The van der Waals surface area contributed by atoms with Crippen molar-refractivity contribution in [2.24, 2.45) is 5.41 Å². The standard InChI is InChI=1S/C15H23ClFN/c1-4-15(5-2,11-18-6-3)10-12-13(16)8-7-9-14(12)17/h7-9,18H,4-6,10-11H2,1-3H3. The van der Waals surface area contributed by atoms with Gasteiger partial charge in [-0.15, -0.1) is 0 Å². The van der Waals surface area contributed by atoms with Gasteiger partial charge in [0.05, 0.1) is 0 Å². The van der Waals surface area contributed by atoms with E-state index >= 15 is 0 Å². The van der Waals surface area contributed by atoms with E-state index in [4.69, 9.17) is 11.6 Å². The highest BCUT2D eigenvalue weighted by molar-refractivity contribution is 6.31. The lowest BCUT2D eigenvalue weighted by Gasteiger charge is -2.32. The van der Waals surface area contributed by atoms with Gasteiger partial charge in [0, 0.05) is 17.1 Å². The zero-order valence-electron chi connectivity index (χ0n) is 11.5. The van der Waals surface area contributed by atoms with Gasteiger partial charge in [0.2, 0.25) is 0 Å². The molecule has 0 spiro atoms. The summed E-state index contributed by atoms with van der Waals surface area (Å²) >= 11 is 6.12. The number of rotatable bonds is 7. The van der Waals surface area contributed by atoms with Crippen molar-refractivity contribution in [1.29, 1.82) is 0 Å². The van der Waals surface area contributed by atoms with Crippen molar-refractivity contribution in [3.05, 3.63) is 34.6 Å². The van der Waals surface area contributed by atoms with Gasteiger partial charge < -0.3 is 5.32 Å². The predicted octanol–water partition coefficient (Wildman–Crippen LogP) is 4.44. The molecule has 1 nitrogen and oxygen atoms in total. The Balaban J connectivity index is 2.95. The number of hydrogen-bond acceptors (Lipinski definition) is 1. The van der Waals surface area contributed by atoms with Crippen LogP contribution in [0.4, 0.5) is 4.39 Å². The number of benzene rings is 1. The molecule has 102 valence electrons. The Morgan fingerprint density at radius 1 is 1.22 bits per heavy atom. The van der Waals surface area contributed by atoms with Crippen LogP contribution >= 0.6 is 11.6 Å². The van der Waals surface area contributed by atoms with E-state index in [9.17, 15) is 4.39 Å². The third kappa shape index (κ3) is 3.69. The van der Waals surface area contributed by atoms with Crippen molar-refractivity contribution in [2.45, 2.75) is 40.0 Å². The molecule has 0 aromatic heterocycles. The highest BCUT2D eigenvalue weighted by Crippen LogP contribution is 2.33. The first-order valence-electron chi connectivity index (χ1n) is 6.72. The van der Waals surface area contributed by atoms with Crippen molar-refractivity contribution in [1.82, 2.24) is 5.32 Å². The Morgan fingerprint density at radius 2 is 1.89 bits per heavy atom. The minimum Gasteiger partial charge on any atom is -0.316 e. The van der Waals surface area contributed by atoms with Gasteiger partial charge in [-0.1, -0.05) is 38.4 Å². The van der Waals surface area contributed by atoms with Crippen LogP contribution in [0.15, 0.2) is 18.2 Å². The van der Waals surface area contributed by atoms with Crippen LogP contribution in [0.3, 0.4) is 0 Å². The van der Waals surface area contributed by atoms with Crippen molar-refractivity contribution in [3.8, 4) is 0 Å². The Labute approximate surface area is 115 Å². The predicted molar refractivity (Wildman–Crippen MR) is 76.7 cm³/mol. The molecular formula is C15H23ClFN. The van der Waals surface area contributed by atoms with Crippen LogP contribution in [0.2, 0.25) is 5.02 Å². The molecule has 0 aliphatic carbocycles. The van der Waals surface area contributed by atoms with E-state index in [-0.39, 0.29) is 11.2 Å². The van der Waals surface area contributed by atoms with E-state index in [2.05, 4.69) is 26.1 Å². The molecule has 0 heterocycles. The zero-order chi connectivity index (χ0) is 13.6. The molecule has 0 radical (unpaired) electrons. The van der Waals surface area contributed by atoms with E-state index in [1.54, 1.807) is 12.1 Å². The van der Waals surface area contributed by atoms with Crippen molar-refractivity contribution in [2.75, 3.05) is 13.1 Å². The molecule has 0 aliphatic heterocycles. The number of hydrogen-bond donors (Lipinski definition) is 1. The summed E-state index contributed by atoms with van der Waals surface area (Å²) in [7, 11) is 0. The van der Waals surface area contributed by atoms with Gasteiger partial charge in [0.1, 0.15) is 5.82 Å². The molecule has 1 aromatic rings. The van der Waals surface area contributed by atoms with Gasteiger partial charge >= 0.3 is 0 Å². The highest BCUT2D eigenvalue weighted by Gasteiger charge is 2.28. The van der Waals surface area contributed by atoms with E-state index in [1.807, 2.05) is 0 Å². The van der Waals surface area contributed by atoms with Gasteiger partial charge in [-0.3, -0.25) is 0 Å². The number of nitrogens with one attached hydrogen (secondary N) is 1. The maximum Gasteiger partial charge on any atom is 0.127 e. The quantitative estimate of drug-likeness (QED) is 0.773. The third-order valence-corrected chi connectivity index (χ3v) is 4.22. The first kappa shape index (κ1) is 15.5. The molecule has 3 heteroatoms. The molecule has 1 rings (SSSR count). The largest absolute Gasteiger partial charge is 0.316 e. The van der Waals surface area contributed by atoms with E-state index in [0.29, 0.717) is 17.0 Å². The SMILES string of the molecule is CCNCC(CC)(CC)Cc1c(F)cccc1Cl. The summed E-state index contributed by atoms with van der Waals surface area (Å²) in [5.74, 6) is -0.190. The molecule has 0 unspecified atom stereocenters. The maximum absolute atomic E-state index is 13.9. The molecule has 0 bridgehead atoms. The lowest BCUT2D eigenvalue weighted by molar-refractivity contribution is 0.246. The average molecular weight is 272 g/mol. The van der Waals surface area contributed by atoms with Crippen LogP contribution in [0.5, 0.6) is 0 Å². The second-order valence-corrected chi connectivity index (χ2v) is 5.27. The van der Waals surface area contributed by atoms with E-state index < -0.39 is 0 Å². The normalized spacial score (nSPS) is 11.8. The zero-order valence-corrected chi connectivity index (χ0v) is 12.3. The first-order chi connectivity index (χ1) is 8.58. The summed E-state index contributed by atoms with van der Waals surface area (Å²) in [6, 6.07) is 4.92. The van der Waals surface area contributed by atoms with Crippen LogP contribution < -0.4 is 5.32 Å². The second-order valence-electron chi connectivity index (χ2n) is 4.86. The fourth-order valence-corrected chi connectivity index (χ4v) is 2.51. The fourth-order valence-electron chi connectivity index (χ4n) is 2.28. The van der Waals surface area contributed by atoms with Crippen LogP contribution in [-0.2, 0) is 6.42 Å². The molecule has 1 aromatic carbocycles. The van der Waals surface area contributed by atoms with Crippen LogP contribution in [0.25, 0.3) is 0 Å². The summed E-state index contributed by atoms with van der Waals surface area (Å²) < 4.78 is 13.9. The molecule has 1 N–H and O–H groups in total. The molecule has 18 heavy (non-hydrogen) atoms. The summed E-state index contributed by atoms with van der Waals surface area (Å²) in [4.78, 5) is 0. The van der Waals surface area contributed by atoms with Crippen LogP contribution in [0, 0.1) is 11.2 Å². The molecule has 0 saturated heterocycles. The van der Waals surface area contributed by atoms with Crippen molar-refractivity contribution < 1.29 is 4.39 Å². The van der Waals surface area contributed by atoms with Gasteiger partial charge in [-0.25, -0.2) is 4.39 Å². The molecule has 0 amide bonds. The van der Waals surface area contributed by atoms with Crippen molar-refractivity contribution >= 4 is 11.6 Å². The number of halogens is 2. The summed E-state index contributed by atoms with van der Waals surface area (Å²) in [5, 5.41) is 3.92. The minimum atomic E-state index is -0.190. The minimum absolute atomic E-state index is 0.0852. The Kier molecular flexibility index (Phi) is 6.10. The average Bonchev–Trinajstić information content (AvgIpc) is 2.38. The fraction of sp³-hybridized carbons (Fsp3) is 0.600. The lowest BCUT2D eigenvalue weighted by Crippen LogP contribution is -2.35. The maximum atomic E-state index is 13.9. The lowest BCUT2D eigenvalue weighted by atomic mass is 9.76. The van der Waals surface area contributed by atoms with Crippen LogP contribution in [0.1, 0.15) is 39.2 Å². The molecule has 0 saturated carbocycles.